The Kier molecular flexibility index (Phi) is 6.31. The second kappa shape index (κ2) is 9.18. The Balaban J connectivity index is 1.51. The zero-order valence-corrected chi connectivity index (χ0v) is 22.1. The van der Waals surface area contributed by atoms with Crippen LogP contribution in [0.15, 0.2) is 46.0 Å². The molecule has 2 atom stereocenters. The molecule has 0 saturated carbocycles. The van der Waals surface area contributed by atoms with E-state index in [2.05, 4.69) is 15.5 Å². The first-order chi connectivity index (χ1) is 17.0. The van der Waals surface area contributed by atoms with Crippen molar-refractivity contribution in [3.8, 4) is 5.69 Å². The molecule has 1 unspecified atom stereocenters. The molecule has 2 aliphatic rings. The smallest absolute Gasteiger partial charge is 0.410 e. The van der Waals surface area contributed by atoms with Crippen LogP contribution in [0, 0.1) is 18.7 Å². The van der Waals surface area contributed by atoms with Crippen molar-refractivity contribution < 1.29 is 18.1 Å². The number of ether oxygens (including phenoxy) is 1. The molecule has 0 spiro atoms. The summed E-state index contributed by atoms with van der Waals surface area (Å²) in [6, 6.07) is 4.47. The first kappa shape index (κ1) is 24.7. The average molecular weight is 513 g/mol. The molecule has 2 aliphatic heterocycles. The first-order valence-corrected chi connectivity index (χ1v) is 14.2. The van der Waals surface area contributed by atoms with Crippen molar-refractivity contribution in [2.75, 3.05) is 25.4 Å². The van der Waals surface area contributed by atoms with E-state index in [1.807, 2.05) is 38.5 Å². The lowest BCUT2D eigenvalue weighted by Crippen LogP contribution is -2.35. The summed E-state index contributed by atoms with van der Waals surface area (Å²) in [5.74, 6) is 0.311. The molecule has 1 fully saturated rings. The predicted octanol–water partition coefficient (Wildman–Crippen LogP) is 5.50. The van der Waals surface area contributed by atoms with Crippen LogP contribution in [0.5, 0.6) is 0 Å². The van der Waals surface area contributed by atoms with Gasteiger partial charge in [0.25, 0.3) is 0 Å². The Morgan fingerprint density at radius 1 is 1.28 bits per heavy atom. The molecule has 1 amide bonds. The standard InChI is InChI=1S/C27H33FN4O3S/c1-18-14-29-15-23-25(18)20(12-19-8-10-31(16-19)26(33)35-27(2,3)4)17-32(23)22-7-6-21(28)13-24(22)36(34)11-5-9-30-36/h6-7,13-15,17,19H,5,8-12,16H2,1-4H3/t19-,36?/m1/s1. The highest BCUT2D eigenvalue weighted by Crippen LogP contribution is 2.34. The van der Waals surface area contributed by atoms with E-state index in [0.29, 0.717) is 36.0 Å². The van der Waals surface area contributed by atoms with Gasteiger partial charge in [-0.2, -0.15) is 0 Å². The highest BCUT2D eigenvalue weighted by molar-refractivity contribution is 7.94. The Morgan fingerprint density at radius 2 is 2.08 bits per heavy atom. The number of benzene rings is 1. The Morgan fingerprint density at radius 3 is 2.81 bits per heavy atom. The second-order valence-corrected chi connectivity index (χ2v) is 13.2. The van der Waals surface area contributed by atoms with E-state index in [1.54, 1.807) is 17.2 Å². The van der Waals surface area contributed by atoms with Gasteiger partial charge < -0.3 is 14.2 Å². The normalized spacial score (nSPS) is 22.2. The lowest BCUT2D eigenvalue weighted by molar-refractivity contribution is 0.0288. The summed E-state index contributed by atoms with van der Waals surface area (Å²) in [6.45, 7) is 9.50. The van der Waals surface area contributed by atoms with Crippen LogP contribution in [0.25, 0.3) is 16.6 Å². The molecule has 192 valence electrons. The number of rotatable bonds is 4. The number of carbonyl (C=O) groups is 1. The summed E-state index contributed by atoms with van der Waals surface area (Å²) >= 11 is 0. The number of likely N-dealkylation sites (tertiary alicyclic amines) is 1. The minimum Gasteiger partial charge on any atom is -0.444 e. The molecular weight excluding hydrogens is 479 g/mol. The minimum atomic E-state index is -2.67. The fourth-order valence-corrected chi connectivity index (χ4v) is 7.48. The van der Waals surface area contributed by atoms with Crippen LogP contribution in [0.1, 0.15) is 44.7 Å². The summed E-state index contributed by atoms with van der Waals surface area (Å²) in [5, 5.41) is 1.09. The van der Waals surface area contributed by atoms with Gasteiger partial charge in [0.2, 0.25) is 0 Å². The third kappa shape index (κ3) is 4.73. The number of halogens is 1. The van der Waals surface area contributed by atoms with Crippen molar-refractivity contribution in [3.63, 3.8) is 0 Å². The zero-order chi connectivity index (χ0) is 25.7. The molecule has 0 bridgehead atoms. The van der Waals surface area contributed by atoms with E-state index in [9.17, 15) is 13.4 Å². The largest absolute Gasteiger partial charge is 0.444 e. The van der Waals surface area contributed by atoms with E-state index < -0.39 is 21.1 Å². The molecule has 4 heterocycles. The van der Waals surface area contributed by atoms with Gasteiger partial charge >= 0.3 is 6.09 Å². The van der Waals surface area contributed by atoms with Crippen LogP contribution in [0.3, 0.4) is 0 Å². The number of fused-ring (bicyclic) bond motifs is 1. The summed E-state index contributed by atoms with van der Waals surface area (Å²) < 4.78 is 39.9. The van der Waals surface area contributed by atoms with E-state index in [1.165, 1.54) is 12.1 Å². The van der Waals surface area contributed by atoms with Crippen LogP contribution in [0.4, 0.5) is 9.18 Å². The SMILES string of the molecule is Cc1cncc2c1c(C[C@H]1CCN(C(=O)OC(C)(C)C)C1)cn2-c1ccc(F)cc1S1(=O)=NCCC1. The third-order valence-electron chi connectivity index (χ3n) is 6.83. The fourth-order valence-electron chi connectivity index (χ4n) is 5.26. The molecule has 5 rings (SSSR count). The van der Waals surface area contributed by atoms with E-state index in [4.69, 9.17) is 4.74 Å². The maximum Gasteiger partial charge on any atom is 0.410 e. The fraction of sp³-hybridized carbons (Fsp3) is 0.481. The number of aryl methyl sites for hydroxylation is 1. The molecular formula is C27H33FN4O3S. The average Bonchev–Trinajstić information content (AvgIpc) is 3.53. The number of amides is 1. The van der Waals surface area contributed by atoms with Crippen molar-refractivity contribution in [1.82, 2.24) is 14.5 Å². The molecule has 1 saturated heterocycles. The third-order valence-corrected chi connectivity index (χ3v) is 9.29. The van der Waals surface area contributed by atoms with Gasteiger partial charge in [0.05, 0.1) is 32.0 Å². The molecule has 9 heteroatoms. The van der Waals surface area contributed by atoms with Gasteiger partial charge in [0, 0.05) is 43.2 Å². The van der Waals surface area contributed by atoms with Gasteiger partial charge in [-0.25, -0.2) is 17.8 Å². The molecule has 0 N–H and O–H groups in total. The van der Waals surface area contributed by atoms with E-state index in [-0.39, 0.29) is 12.0 Å². The van der Waals surface area contributed by atoms with Gasteiger partial charge in [-0.1, -0.05) is 0 Å². The van der Waals surface area contributed by atoms with E-state index in [0.717, 1.165) is 41.3 Å². The number of aromatic nitrogens is 2. The summed E-state index contributed by atoms with van der Waals surface area (Å²) in [7, 11) is -2.67. The minimum absolute atomic E-state index is 0.271. The molecule has 2 aromatic heterocycles. The van der Waals surface area contributed by atoms with Crippen molar-refractivity contribution in [2.45, 2.75) is 57.5 Å². The monoisotopic (exact) mass is 512 g/mol. The van der Waals surface area contributed by atoms with Gasteiger partial charge in [0.1, 0.15) is 11.4 Å². The highest BCUT2D eigenvalue weighted by atomic mass is 32.2. The number of hydrogen-bond acceptors (Lipinski definition) is 5. The Hall–Kier alpha value is -2.94. The topological polar surface area (TPSA) is 76.8 Å². The Bertz CT molecular complexity index is 1450. The summed E-state index contributed by atoms with van der Waals surface area (Å²) in [5.41, 5.74) is 3.22. The van der Waals surface area contributed by atoms with Crippen molar-refractivity contribution in [2.24, 2.45) is 10.3 Å². The molecule has 0 radical (unpaired) electrons. The van der Waals surface area contributed by atoms with Crippen LogP contribution < -0.4 is 0 Å². The van der Waals surface area contributed by atoms with E-state index >= 15 is 0 Å². The van der Waals surface area contributed by atoms with Crippen molar-refractivity contribution in [1.29, 1.82) is 0 Å². The van der Waals surface area contributed by atoms with Gasteiger partial charge in [0.15, 0.2) is 0 Å². The number of pyridine rings is 1. The number of nitrogens with zero attached hydrogens (tertiary/aromatic N) is 4. The quantitative estimate of drug-likeness (QED) is 0.462. The van der Waals surface area contributed by atoms with Gasteiger partial charge in [-0.3, -0.25) is 4.98 Å². The molecule has 36 heavy (non-hydrogen) atoms. The molecule has 3 aromatic rings. The molecule has 1 aromatic carbocycles. The van der Waals surface area contributed by atoms with Crippen molar-refractivity contribution >= 4 is 26.7 Å². The van der Waals surface area contributed by atoms with Gasteiger partial charge in [-0.05, 0) is 82.2 Å². The second-order valence-electron chi connectivity index (χ2n) is 10.8. The molecule has 0 aliphatic carbocycles. The highest BCUT2D eigenvalue weighted by Gasteiger charge is 2.31. The van der Waals surface area contributed by atoms with Crippen molar-refractivity contribution in [3.05, 3.63) is 53.7 Å². The summed E-state index contributed by atoms with van der Waals surface area (Å²) in [4.78, 5) is 19.2. The predicted molar refractivity (Wildman–Crippen MR) is 139 cm³/mol. The van der Waals surface area contributed by atoms with Crippen LogP contribution in [-0.4, -0.2) is 55.7 Å². The zero-order valence-electron chi connectivity index (χ0n) is 21.3. The number of hydrogen-bond donors (Lipinski definition) is 0. The number of carbonyl (C=O) groups excluding carboxylic acids is 1. The maximum absolute atomic E-state index is 14.3. The maximum atomic E-state index is 14.3. The molecule has 7 nitrogen and oxygen atoms in total. The van der Waals surface area contributed by atoms with Gasteiger partial charge in [-0.15, -0.1) is 0 Å². The Labute approximate surface area is 211 Å². The van der Waals surface area contributed by atoms with Crippen LogP contribution in [0.2, 0.25) is 0 Å². The van der Waals surface area contributed by atoms with Crippen LogP contribution >= 0.6 is 0 Å². The lowest BCUT2D eigenvalue weighted by Gasteiger charge is -2.24. The lowest BCUT2D eigenvalue weighted by atomic mass is 9.97. The van der Waals surface area contributed by atoms with Crippen LogP contribution in [-0.2, 0) is 20.9 Å². The first-order valence-electron chi connectivity index (χ1n) is 12.5. The summed E-state index contributed by atoms with van der Waals surface area (Å²) in [6.07, 6.45) is 7.85.